The largest absolute Gasteiger partial charge is 0.351 e. The van der Waals surface area contributed by atoms with Crippen molar-refractivity contribution in [3.05, 3.63) is 35.4 Å². The van der Waals surface area contributed by atoms with Gasteiger partial charge in [0.05, 0.1) is 0 Å². The minimum Gasteiger partial charge on any atom is -0.351 e. The molecule has 148 valence electrons. The normalized spacial score (nSPS) is 25.3. The predicted molar refractivity (Wildman–Crippen MR) is 109 cm³/mol. The Balaban J connectivity index is 1.87. The van der Waals surface area contributed by atoms with Gasteiger partial charge in [0.1, 0.15) is 5.54 Å². The smallest absolute Gasteiger partial charge is 0.255 e. The third-order valence-electron chi connectivity index (χ3n) is 6.49. The van der Waals surface area contributed by atoms with Gasteiger partial charge in [-0.3, -0.25) is 9.59 Å². The van der Waals surface area contributed by atoms with Crippen molar-refractivity contribution in [2.75, 3.05) is 0 Å². The van der Waals surface area contributed by atoms with Gasteiger partial charge in [-0.1, -0.05) is 57.2 Å². The first-order valence-corrected chi connectivity index (χ1v) is 10.7. The highest BCUT2D eigenvalue weighted by Crippen LogP contribution is 2.34. The van der Waals surface area contributed by atoms with Crippen molar-refractivity contribution in [3.8, 4) is 0 Å². The maximum absolute atomic E-state index is 13.5. The molecule has 0 aromatic heterocycles. The molecular formula is C23H34N2O2. The summed E-state index contributed by atoms with van der Waals surface area (Å²) >= 11 is 0. The van der Waals surface area contributed by atoms with Crippen LogP contribution in [-0.2, 0) is 11.2 Å². The lowest BCUT2D eigenvalue weighted by Gasteiger charge is -2.47. The van der Waals surface area contributed by atoms with Crippen molar-refractivity contribution in [2.45, 2.75) is 96.2 Å². The highest BCUT2D eigenvalue weighted by molar-refractivity contribution is 6.02. The maximum atomic E-state index is 13.5. The van der Waals surface area contributed by atoms with E-state index in [4.69, 9.17) is 0 Å². The molecule has 2 aliphatic rings. The Morgan fingerprint density at radius 3 is 2.48 bits per heavy atom. The molecule has 4 heteroatoms. The maximum Gasteiger partial charge on any atom is 0.255 e. The Labute approximate surface area is 163 Å². The summed E-state index contributed by atoms with van der Waals surface area (Å²) in [6.07, 6.45) is 9.70. The van der Waals surface area contributed by atoms with Crippen LogP contribution in [-0.4, -0.2) is 34.3 Å². The molecule has 0 bridgehead atoms. The van der Waals surface area contributed by atoms with E-state index in [2.05, 4.69) is 12.2 Å². The van der Waals surface area contributed by atoms with Crippen molar-refractivity contribution >= 4 is 11.8 Å². The quantitative estimate of drug-likeness (QED) is 0.850. The molecule has 3 rings (SSSR count). The molecule has 2 amide bonds. The predicted octanol–water partition coefficient (Wildman–Crippen LogP) is 4.47. The van der Waals surface area contributed by atoms with Gasteiger partial charge in [0, 0.05) is 24.1 Å². The lowest BCUT2D eigenvalue weighted by atomic mass is 9.81. The molecule has 1 aliphatic carbocycles. The van der Waals surface area contributed by atoms with Crippen LogP contribution in [0.1, 0.15) is 88.1 Å². The molecule has 1 aliphatic heterocycles. The summed E-state index contributed by atoms with van der Waals surface area (Å²) in [6, 6.07) is 8.00. The lowest BCUT2D eigenvalue weighted by Crippen LogP contribution is -2.65. The van der Waals surface area contributed by atoms with Gasteiger partial charge >= 0.3 is 0 Å². The van der Waals surface area contributed by atoms with E-state index in [1.807, 2.05) is 43.0 Å². The van der Waals surface area contributed by atoms with Gasteiger partial charge < -0.3 is 10.2 Å². The number of hydrogen-bond acceptors (Lipinski definition) is 2. The van der Waals surface area contributed by atoms with Crippen molar-refractivity contribution in [1.29, 1.82) is 0 Å². The third kappa shape index (κ3) is 4.04. The van der Waals surface area contributed by atoms with Gasteiger partial charge in [0.2, 0.25) is 5.91 Å². The Morgan fingerprint density at radius 2 is 1.81 bits per heavy atom. The standard InChI is InChI=1S/C23H34N2O2/c1-4-17(2)25-21(26)20-15-11-10-12-18(20)16-23(25,3)22(27)24-19-13-8-6-5-7-9-14-19/h10-12,15,17,19H,4-9,13-14,16H2,1-3H3,(H,24,27)/t17-,23-/m0/s1. The number of hydrogen-bond donors (Lipinski definition) is 1. The summed E-state index contributed by atoms with van der Waals surface area (Å²) in [4.78, 5) is 28.6. The zero-order chi connectivity index (χ0) is 19.4. The number of nitrogens with zero attached hydrogens (tertiary/aromatic N) is 1. The van der Waals surface area contributed by atoms with Crippen LogP contribution in [0.2, 0.25) is 0 Å². The summed E-state index contributed by atoms with van der Waals surface area (Å²) < 4.78 is 0. The van der Waals surface area contributed by atoms with Crippen LogP contribution in [0.3, 0.4) is 0 Å². The van der Waals surface area contributed by atoms with E-state index in [1.165, 1.54) is 32.1 Å². The molecule has 1 N–H and O–H groups in total. The molecule has 1 saturated carbocycles. The van der Waals surface area contributed by atoms with Crippen LogP contribution in [0.5, 0.6) is 0 Å². The van der Waals surface area contributed by atoms with E-state index in [9.17, 15) is 9.59 Å². The molecule has 27 heavy (non-hydrogen) atoms. The van der Waals surface area contributed by atoms with E-state index in [1.54, 1.807) is 0 Å². The molecule has 1 heterocycles. The Morgan fingerprint density at radius 1 is 1.19 bits per heavy atom. The van der Waals surface area contributed by atoms with E-state index >= 15 is 0 Å². The van der Waals surface area contributed by atoms with Crippen LogP contribution >= 0.6 is 0 Å². The van der Waals surface area contributed by atoms with Crippen LogP contribution in [0.15, 0.2) is 24.3 Å². The topological polar surface area (TPSA) is 49.4 Å². The first-order chi connectivity index (χ1) is 13.0. The minimum absolute atomic E-state index is 0.0104. The summed E-state index contributed by atoms with van der Waals surface area (Å²) in [6.45, 7) is 6.07. The third-order valence-corrected chi connectivity index (χ3v) is 6.49. The fourth-order valence-electron chi connectivity index (χ4n) is 4.69. The lowest BCUT2D eigenvalue weighted by molar-refractivity contribution is -0.133. The highest BCUT2D eigenvalue weighted by Gasteiger charge is 2.48. The molecular weight excluding hydrogens is 336 g/mol. The minimum atomic E-state index is -0.830. The van der Waals surface area contributed by atoms with Gasteiger partial charge in [0.25, 0.3) is 5.91 Å². The average molecular weight is 371 g/mol. The molecule has 0 radical (unpaired) electrons. The van der Waals surface area contributed by atoms with Gasteiger partial charge in [-0.15, -0.1) is 0 Å². The fourth-order valence-corrected chi connectivity index (χ4v) is 4.69. The average Bonchev–Trinajstić information content (AvgIpc) is 2.63. The second kappa shape index (κ2) is 8.45. The fraction of sp³-hybridized carbons (Fsp3) is 0.652. The monoisotopic (exact) mass is 370 g/mol. The van der Waals surface area contributed by atoms with E-state index in [-0.39, 0.29) is 23.9 Å². The molecule has 0 saturated heterocycles. The number of benzene rings is 1. The zero-order valence-electron chi connectivity index (χ0n) is 17.1. The number of rotatable bonds is 4. The number of amides is 2. The van der Waals surface area contributed by atoms with Crippen LogP contribution in [0, 0.1) is 0 Å². The molecule has 2 atom stereocenters. The van der Waals surface area contributed by atoms with Crippen molar-refractivity contribution in [3.63, 3.8) is 0 Å². The molecule has 1 aromatic carbocycles. The van der Waals surface area contributed by atoms with Gasteiger partial charge in [0.15, 0.2) is 0 Å². The summed E-state index contributed by atoms with van der Waals surface area (Å²) in [5, 5.41) is 3.32. The summed E-state index contributed by atoms with van der Waals surface area (Å²) in [5.41, 5.74) is 0.898. The van der Waals surface area contributed by atoms with Gasteiger partial charge in [-0.25, -0.2) is 0 Å². The first kappa shape index (κ1) is 19.9. The van der Waals surface area contributed by atoms with Crippen molar-refractivity contribution in [1.82, 2.24) is 10.2 Å². The van der Waals surface area contributed by atoms with Crippen molar-refractivity contribution in [2.24, 2.45) is 0 Å². The Kier molecular flexibility index (Phi) is 6.23. The molecule has 0 unspecified atom stereocenters. The van der Waals surface area contributed by atoms with Crippen molar-refractivity contribution < 1.29 is 9.59 Å². The van der Waals surface area contributed by atoms with E-state index in [0.717, 1.165) is 30.4 Å². The SMILES string of the molecule is CC[C@H](C)N1C(=O)c2ccccc2C[C@@]1(C)C(=O)NC1CCCCCCC1. The van der Waals surface area contributed by atoms with Gasteiger partial charge in [-0.2, -0.15) is 0 Å². The molecule has 1 fully saturated rings. The second-order valence-corrected chi connectivity index (χ2v) is 8.56. The Hall–Kier alpha value is -1.84. The first-order valence-electron chi connectivity index (χ1n) is 10.7. The molecule has 1 aromatic rings. The zero-order valence-corrected chi connectivity index (χ0v) is 17.1. The van der Waals surface area contributed by atoms with Crippen LogP contribution in [0.4, 0.5) is 0 Å². The van der Waals surface area contributed by atoms with Crippen LogP contribution < -0.4 is 5.32 Å². The van der Waals surface area contributed by atoms with Gasteiger partial charge in [-0.05, 0) is 44.7 Å². The summed E-state index contributed by atoms with van der Waals surface area (Å²) in [7, 11) is 0. The molecule has 0 spiro atoms. The molecule has 4 nitrogen and oxygen atoms in total. The van der Waals surface area contributed by atoms with E-state index < -0.39 is 5.54 Å². The highest BCUT2D eigenvalue weighted by atomic mass is 16.2. The number of nitrogens with one attached hydrogen (secondary N) is 1. The Bertz CT molecular complexity index is 679. The second-order valence-electron chi connectivity index (χ2n) is 8.56. The number of carbonyl (C=O) groups excluding carboxylic acids is 2. The van der Waals surface area contributed by atoms with Crippen LogP contribution in [0.25, 0.3) is 0 Å². The number of carbonyl (C=O) groups is 2. The number of fused-ring (bicyclic) bond motifs is 1. The summed E-state index contributed by atoms with van der Waals surface area (Å²) in [5.74, 6) is -0.00209. The van der Waals surface area contributed by atoms with E-state index in [0.29, 0.717) is 6.42 Å².